The Labute approximate surface area is 157 Å². The molecular formula is C20H33N5O. The van der Waals surface area contributed by atoms with E-state index in [4.69, 9.17) is 0 Å². The Bertz CT molecular complexity index is 574. The van der Waals surface area contributed by atoms with E-state index < -0.39 is 0 Å². The van der Waals surface area contributed by atoms with Crippen molar-refractivity contribution in [3.8, 4) is 0 Å². The van der Waals surface area contributed by atoms with Crippen molar-refractivity contribution in [2.45, 2.75) is 26.3 Å². The lowest BCUT2D eigenvalue weighted by molar-refractivity contribution is 0.191. The standard InChI is InChI=1S/C20H33N5O/c1-4-17(2)21-20(26)25-15-13-24(14-16-25)19-7-5-18(6-8-19)23-11-9-22(3)10-12-23/h5-8,17H,4,9-16H2,1-3H3,(H,21,26). The van der Waals surface area contributed by atoms with Gasteiger partial charge >= 0.3 is 6.03 Å². The van der Waals surface area contributed by atoms with E-state index in [1.165, 1.54) is 11.4 Å². The van der Waals surface area contributed by atoms with Gasteiger partial charge in [0, 0.05) is 69.8 Å². The third-order valence-electron chi connectivity index (χ3n) is 5.63. The second-order valence-corrected chi connectivity index (χ2v) is 7.54. The van der Waals surface area contributed by atoms with E-state index in [2.05, 4.69) is 65.2 Å². The van der Waals surface area contributed by atoms with E-state index in [0.717, 1.165) is 58.8 Å². The summed E-state index contributed by atoms with van der Waals surface area (Å²) in [6.07, 6.45) is 0.964. The molecule has 1 N–H and O–H groups in total. The third kappa shape index (κ3) is 4.61. The summed E-state index contributed by atoms with van der Waals surface area (Å²) in [5.41, 5.74) is 2.57. The highest BCUT2D eigenvalue weighted by Gasteiger charge is 2.22. The summed E-state index contributed by atoms with van der Waals surface area (Å²) in [7, 11) is 2.18. The van der Waals surface area contributed by atoms with Crippen molar-refractivity contribution in [3.05, 3.63) is 24.3 Å². The van der Waals surface area contributed by atoms with E-state index in [-0.39, 0.29) is 12.1 Å². The molecule has 1 atom stereocenters. The summed E-state index contributed by atoms with van der Waals surface area (Å²) in [5, 5.41) is 3.06. The molecule has 26 heavy (non-hydrogen) atoms. The molecular weight excluding hydrogens is 326 g/mol. The second kappa shape index (κ2) is 8.62. The number of rotatable bonds is 4. The summed E-state index contributed by atoms with van der Waals surface area (Å²) in [4.78, 5) is 21.4. The topological polar surface area (TPSA) is 42.1 Å². The largest absolute Gasteiger partial charge is 0.369 e. The molecule has 3 rings (SSSR count). The minimum atomic E-state index is 0.0735. The summed E-state index contributed by atoms with van der Waals surface area (Å²) in [5.74, 6) is 0. The molecule has 1 aromatic rings. The fourth-order valence-electron chi connectivity index (χ4n) is 3.51. The van der Waals surface area contributed by atoms with Crippen LogP contribution in [0.25, 0.3) is 0 Å². The average Bonchev–Trinajstić information content (AvgIpc) is 2.68. The minimum absolute atomic E-state index is 0.0735. The fraction of sp³-hybridized carbons (Fsp3) is 0.650. The van der Waals surface area contributed by atoms with E-state index >= 15 is 0 Å². The Morgan fingerprint density at radius 2 is 1.38 bits per heavy atom. The van der Waals surface area contributed by atoms with Gasteiger partial charge in [0.05, 0.1) is 0 Å². The highest BCUT2D eigenvalue weighted by molar-refractivity contribution is 5.75. The van der Waals surface area contributed by atoms with Crippen LogP contribution < -0.4 is 15.1 Å². The Kier molecular flexibility index (Phi) is 6.25. The number of carbonyl (C=O) groups excluding carboxylic acids is 1. The smallest absolute Gasteiger partial charge is 0.317 e. The van der Waals surface area contributed by atoms with Crippen molar-refractivity contribution < 1.29 is 4.79 Å². The van der Waals surface area contributed by atoms with E-state index in [0.29, 0.717) is 0 Å². The van der Waals surface area contributed by atoms with Crippen molar-refractivity contribution in [3.63, 3.8) is 0 Å². The molecule has 0 radical (unpaired) electrons. The normalized spacial score (nSPS) is 20.2. The average molecular weight is 360 g/mol. The zero-order chi connectivity index (χ0) is 18.5. The van der Waals surface area contributed by atoms with Crippen molar-refractivity contribution in [1.82, 2.24) is 15.1 Å². The number of benzene rings is 1. The number of urea groups is 1. The number of piperazine rings is 2. The number of carbonyl (C=O) groups is 1. The molecule has 2 aliphatic rings. The van der Waals surface area contributed by atoms with Gasteiger partial charge in [-0.1, -0.05) is 6.92 Å². The molecule has 1 unspecified atom stereocenters. The second-order valence-electron chi connectivity index (χ2n) is 7.54. The first kappa shape index (κ1) is 18.8. The van der Waals surface area contributed by atoms with Gasteiger partial charge < -0.3 is 24.9 Å². The molecule has 0 bridgehead atoms. The molecule has 0 saturated carbocycles. The highest BCUT2D eigenvalue weighted by Crippen LogP contribution is 2.22. The SMILES string of the molecule is CCC(C)NC(=O)N1CCN(c2ccc(N3CCN(C)CC3)cc2)CC1. The van der Waals surface area contributed by atoms with Crippen molar-refractivity contribution in [1.29, 1.82) is 0 Å². The zero-order valence-corrected chi connectivity index (χ0v) is 16.4. The van der Waals surface area contributed by atoms with Crippen LogP contribution in [-0.2, 0) is 0 Å². The Hall–Kier alpha value is -1.95. The first-order valence-electron chi connectivity index (χ1n) is 9.90. The molecule has 6 nitrogen and oxygen atoms in total. The predicted octanol–water partition coefficient (Wildman–Crippen LogP) is 2.07. The highest BCUT2D eigenvalue weighted by atomic mass is 16.2. The Morgan fingerprint density at radius 3 is 1.85 bits per heavy atom. The molecule has 0 aliphatic carbocycles. The number of hydrogen-bond donors (Lipinski definition) is 1. The van der Waals surface area contributed by atoms with E-state index in [1.54, 1.807) is 0 Å². The van der Waals surface area contributed by atoms with Gasteiger partial charge in [0.15, 0.2) is 0 Å². The van der Waals surface area contributed by atoms with Crippen LogP contribution >= 0.6 is 0 Å². The first-order valence-corrected chi connectivity index (χ1v) is 9.90. The molecule has 2 heterocycles. The molecule has 144 valence electrons. The third-order valence-corrected chi connectivity index (χ3v) is 5.63. The summed E-state index contributed by atoms with van der Waals surface area (Å²) in [6, 6.07) is 9.24. The van der Waals surface area contributed by atoms with Crippen LogP contribution in [0.2, 0.25) is 0 Å². The monoisotopic (exact) mass is 359 g/mol. The zero-order valence-electron chi connectivity index (χ0n) is 16.4. The van der Waals surface area contributed by atoms with Crippen LogP contribution in [0, 0.1) is 0 Å². The maximum absolute atomic E-state index is 12.2. The summed E-state index contributed by atoms with van der Waals surface area (Å²) < 4.78 is 0. The minimum Gasteiger partial charge on any atom is -0.369 e. The lowest BCUT2D eigenvalue weighted by Gasteiger charge is -2.37. The maximum Gasteiger partial charge on any atom is 0.317 e. The van der Waals surface area contributed by atoms with E-state index in [9.17, 15) is 4.79 Å². The van der Waals surface area contributed by atoms with Gasteiger partial charge in [-0.3, -0.25) is 0 Å². The van der Waals surface area contributed by atoms with Crippen LogP contribution in [-0.4, -0.2) is 81.3 Å². The maximum atomic E-state index is 12.2. The summed E-state index contributed by atoms with van der Waals surface area (Å²) >= 11 is 0. The quantitative estimate of drug-likeness (QED) is 0.894. The molecule has 1 aromatic carbocycles. The number of nitrogens with zero attached hydrogens (tertiary/aromatic N) is 4. The van der Waals surface area contributed by atoms with Gasteiger partial charge in [-0.25, -0.2) is 4.79 Å². The Morgan fingerprint density at radius 1 is 0.923 bits per heavy atom. The summed E-state index contributed by atoms with van der Waals surface area (Å²) in [6.45, 7) is 11.9. The van der Waals surface area contributed by atoms with Crippen LogP contribution in [0.1, 0.15) is 20.3 Å². The number of likely N-dealkylation sites (N-methyl/N-ethyl adjacent to an activating group) is 1. The van der Waals surface area contributed by atoms with Crippen molar-refractivity contribution in [2.24, 2.45) is 0 Å². The number of nitrogens with one attached hydrogen (secondary N) is 1. The molecule has 2 fully saturated rings. The number of hydrogen-bond acceptors (Lipinski definition) is 4. The van der Waals surface area contributed by atoms with Gasteiger partial charge in [-0.05, 0) is 44.7 Å². The first-order chi connectivity index (χ1) is 12.6. The Balaban J connectivity index is 1.51. The van der Waals surface area contributed by atoms with E-state index in [1.807, 2.05) is 4.90 Å². The number of anilines is 2. The van der Waals surface area contributed by atoms with Crippen molar-refractivity contribution >= 4 is 17.4 Å². The van der Waals surface area contributed by atoms with Gasteiger partial charge in [0.1, 0.15) is 0 Å². The van der Waals surface area contributed by atoms with Crippen molar-refractivity contribution in [2.75, 3.05) is 69.2 Å². The van der Waals surface area contributed by atoms with Crippen LogP contribution in [0.3, 0.4) is 0 Å². The van der Waals surface area contributed by atoms with Crippen LogP contribution in [0.15, 0.2) is 24.3 Å². The number of amides is 2. The molecule has 0 aromatic heterocycles. The molecule has 2 saturated heterocycles. The lowest BCUT2D eigenvalue weighted by atomic mass is 10.2. The lowest BCUT2D eigenvalue weighted by Crippen LogP contribution is -2.53. The van der Waals surface area contributed by atoms with Gasteiger partial charge in [0.25, 0.3) is 0 Å². The molecule has 0 spiro atoms. The fourth-order valence-corrected chi connectivity index (χ4v) is 3.51. The van der Waals surface area contributed by atoms with Gasteiger partial charge in [0.2, 0.25) is 0 Å². The van der Waals surface area contributed by atoms with Gasteiger partial charge in [-0.2, -0.15) is 0 Å². The molecule has 2 amide bonds. The molecule has 6 heteroatoms. The van der Waals surface area contributed by atoms with Crippen LogP contribution in [0.5, 0.6) is 0 Å². The molecule has 2 aliphatic heterocycles. The predicted molar refractivity (Wildman–Crippen MR) is 108 cm³/mol. The van der Waals surface area contributed by atoms with Crippen LogP contribution in [0.4, 0.5) is 16.2 Å². The van der Waals surface area contributed by atoms with Gasteiger partial charge in [-0.15, -0.1) is 0 Å².